The first-order valence-corrected chi connectivity index (χ1v) is 36.5. The molecule has 37 heteroatoms. The van der Waals surface area contributed by atoms with Gasteiger partial charge in [0.15, 0.2) is 32.5 Å². The molecule has 3 fully saturated rings. The van der Waals surface area contributed by atoms with Gasteiger partial charge in [-0.1, -0.05) is 61.7 Å². The second kappa shape index (κ2) is 33.1. The van der Waals surface area contributed by atoms with E-state index in [1.54, 1.807) is 48.6 Å². The number of thiazole rings is 3. The van der Waals surface area contributed by atoms with Crippen molar-refractivity contribution in [2.24, 2.45) is 20.7 Å². The molecule has 3 aromatic heterocycles. The summed E-state index contributed by atoms with van der Waals surface area (Å²) in [7, 11) is 1.18. The SMILES string of the molecule is CCOC(=O)C1=C(CN2CC(F)(F)C[C@H]2C(C)(C)O)NC(c2nccs2)=NC1c1ccc(F)cc1Br.CCOC(=O)C1=C(CN2CC(F)(F)C[C@H]2CO)NC(c2nccs2)=NC1c1ccc(F)cc1Cl.COC(=O)C1=C(CN2CC(F)(F)C[C@H]2C(N)=O)NC(c2nccs2)=NC1c1ccc(F)cc1Br. The normalized spacial score (nSPS) is 22.4. The molecule has 556 valence electrons. The topological polar surface area (TPSA) is 284 Å². The Morgan fingerprint density at radius 2 is 0.990 bits per heavy atom. The third-order valence-corrected chi connectivity index (χ3v) is 21.1. The molecule has 6 aliphatic rings. The summed E-state index contributed by atoms with van der Waals surface area (Å²) in [5.41, 5.74) is 6.28. The number of amidine groups is 3. The van der Waals surface area contributed by atoms with Crippen LogP contribution in [0.5, 0.6) is 0 Å². The maximum absolute atomic E-state index is 14.5. The number of aromatic nitrogens is 3. The van der Waals surface area contributed by atoms with Crippen molar-refractivity contribution in [2.45, 2.75) is 107 Å². The minimum absolute atomic E-state index is 0.0357. The second-order valence-electron chi connectivity index (χ2n) is 25.0. The number of benzene rings is 3. The number of aliphatic hydroxyl groups excluding tert-OH is 1. The Kier molecular flexibility index (Phi) is 25.2. The zero-order valence-corrected chi connectivity index (χ0v) is 62.1. The van der Waals surface area contributed by atoms with Gasteiger partial charge in [0.2, 0.25) is 5.91 Å². The number of primary amides is 1. The first kappa shape index (κ1) is 79.1. The van der Waals surface area contributed by atoms with E-state index in [-0.39, 0.29) is 66.0 Å². The van der Waals surface area contributed by atoms with Crippen molar-refractivity contribution in [3.63, 3.8) is 0 Å². The number of aliphatic imine (C=N–C) groups is 3. The number of carbonyl (C=O) groups excluding carboxylic acids is 4. The lowest BCUT2D eigenvalue weighted by molar-refractivity contribution is -0.139. The van der Waals surface area contributed by atoms with E-state index in [9.17, 15) is 68.9 Å². The van der Waals surface area contributed by atoms with Crippen LogP contribution in [0, 0.1) is 17.5 Å². The molecule has 0 saturated carbocycles. The zero-order chi connectivity index (χ0) is 75.3. The highest BCUT2D eigenvalue weighted by molar-refractivity contribution is 9.10. The number of methoxy groups -OCH3 is 1. The van der Waals surface area contributed by atoms with Crippen LogP contribution in [-0.4, -0.2) is 189 Å². The molecule has 7 N–H and O–H groups in total. The van der Waals surface area contributed by atoms with Gasteiger partial charge in [-0.2, -0.15) is 0 Å². The molecular formula is C67H67Br2ClF9N13O9S3. The zero-order valence-electron chi connectivity index (χ0n) is 55.7. The molecule has 6 atom stereocenters. The molecule has 3 aromatic carbocycles. The Hall–Kier alpha value is -7.52. The molecule has 1 amide bonds. The molecule has 3 unspecified atom stereocenters. The smallest absolute Gasteiger partial charge is 0.338 e. The summed E-state index contributed by atoms with van der Waals surface area (Å²) in [6.07, 6.45) is 3.02. The summed E-state index contributed by atoms with van der Waals surface area (Å²) in [6.45, 7) is 3.67. The Labute approximate surface area is 623 Å². The van der Waals surface area contributed by atoms with Crippen LogP contribution >= 0.6 is 77.5 Å². The summed E-state index contributed by atoms with van der Waals surface area (Å²) in [5.74, 6) is -12.7. The number of halogens is 12. The molecule has 3 saturated heterocycles. The summed E-state index contributed by atoms with van der Waals surface area (Å²) in [5, 5.41) is 36.3. The fraction of sp³-hybridized carbons (Fsp3) is 0.403. The number of nitrogens with zero attached hydrogens (tertiary/aromatic N) is 9. The number of hydrogen-bond donors (Lipinski definition) is 6. The van der Waals surface area contributed by atoms with Gasteiger partial charge in [0.05, 0.1) is 74.9 Å². The van der Waals surface area contributed by atoms with Crippen LogP contribution in [0.25, 0.3) is 0 Å². The molecule has 0 radical (unpaired) electrons. The second-order valence-corrected chi connectivity index (χ2v) is 29.8. The van der Waals surface area contributed by atoms with Crippen LogP contribution in [0.3, 0.4) is 0 Å². The van der Waals surface area contributed by atoms with Crippen molar-refractivity contribution in [3.05, 3.63) is 186 Å². The number of nitrogens with one attached hydrogen (secondary N) is 3. The van der Waals surface area contributed by atoms with Gasteiger partial charge >= 0.3 is 17.9 Å². The molecule has 104 heavy (non-hydrogen) atoms. The van der Waals surface area contributed by atoms with E-state index in [1.165, 1.54) is 118 Å². The van der Waals surface area contributed by atoms with E-state index in [0.717, 1.165) is 6.07 Å². The predicted octanol–water partition coefficient (Wildman–Crippen LogP) is 10.7. The average Bonchev–Trinajstić information content (AvgIpc) is 1.19. The monoisotopic (exact) mass is 1660 g/mol. The maximum atomic E-state index is 14.5. The Balaban J connectivity index is 0.000000168. The Morgan fingerprint density at radius 3 is 1.38 bits per heavy atom. The number of hydrogen-bond acceptors (Lipinski definition) is 24. The van der Waals surface area contributed by atoms with E-state index in [1.807, 2.05) is 0 Å². The molecule has 0 aliphatic carbocycles. The molecule has 12 rings (SSSR count). The van der Waals surface area contributed by atoms with Crippen molar-refractivity contribution in [3.8, 4) is 0 Å². The van der Waals surface area contributed by atoms with E-state index >= 15 is 0 Å². The molecule has 6 aliphatic heterocycles. The van der Waals surface area contributed by atoms with Crippen molar-refractivity contribution < 1.29 is 83.1 Å². The van der Waals surface area contributed by atoms with Gasteiger partial charge in [-0.3, -0.25) is 34.5 Å². The van der Waals surface area contributed by atoms with E-state index < -0.39 is 146 Å². The minimum Gasteiger partial charge on any atom is -0.466 e. The van der Waals surface area contributed by atoms with Gasteiger partial charge in [-0.25, -0.2) is 68.8 Å². The highest BCUT2D eigenvalue weighted by Gasteiger charge is 2.52. The van der Waals surface area contributed by atoms with E-state index in [2.05, 4.69) is 72.7 Å². The van der Waals surface area contributed by atoms with Crippen LogP contribution < -0.4 is 21.7 Å². The first-order valence-electron chi connectivity index (χ1n) is 31.9. The van der Waals surface area contributed by atoms with Crippen molar-refractivity contribution >= 4 is 119 Å². The molecule has 6 aromatic rings. The van der Waals surface area contributed by atoms with Gasteiger partial charge < -0.3 is 46.1 Å². The highest BCUT2D eigenvalue weighted by atomic mass is 79.9. The number of amides is 1. The summed E-state index contributed by atoms with van der Waals surface area (Å²) < 4.78 is 143. The van der Waals surface area contributed by atoms with Crippen LogP contribution in [0.1, 0.15) is 96.8 Å². The van der Waals surface area contributed by atoms with Gasteiger partial charge in [0.1, 0.15) is 35.6 Å². The van der Waals surface area contributed by atoms with Gasteiger partial charge in [-0.05, 0) is 75.2 Å². The predicted molar refractivity (Wildman–Crippen MR) is 377 cm³/mol. The molecular weight excluding hydrogens is 1590 g/mol. The number of aliphatic hydroxyl groups is 2. The largest absolute Gasteiger partial charge is 0.466 e. The van der Waals surface area contributed by atoms with Crippen LogP contribution in [0.15, 0.2) is 147 Å². The molecule has 9 heterocycles. The van der Waals surface area contributed by atoms with Crippen LogP contribution in [0.2, 0.25) is 5.02 Å². The molecule has 0 bridgehead atoms. The lowest BCUT2D eigenvalue weighted by Crippen LogP contribution is -2.48. The van der Waals surface area contributed by atoms with Gasteiger partial charge in [0.25, 0.3) is 17.8 Å². The highest BCUT2D eigenvalue weighted by Crippen LogP contribution is 2.44. The summed E-state index contributed by atoms with van der Waals surface area (Å²) in [4.78, 5) is 81.9. The van der Waals surface area contributed by atoms with Crippen LogP contribution in [0.4, 0.5) is 39.5 Å². The standard InChI is InChI=1S/C24H26BrF3N4O3S.C22H22ClF3N4O3S.C21H19BrF3N5O3S/c1-4-35-22(33)18-16(11-32-12-24(27,28)10-17(32)23(2,3)34)30-20(21-29-7-8-36-21)31-19(18)14-6-5-13(26)9-15(14)25;1-2-33-21(32)17-16(9-30-11-22(25,26)8-13(30)10-31)28-19(20-27-5-6-34-20)29-18(17)14-4-3-12(24)7-15(14)23;1-33-20(32)15-13(8-30-9-21(24,25)7-14(30)17(26)31)28-18(19-27-4-5-34-19)29-16(15)11-3-2-10(23)6-12(11)22/h5-9,17,19,34H,4,10-12H2,1-3H3,(H,30,31);3-7,13,18,31H,2,8-11H2,1H3,(H,28,29);2-6,14,16H,7-9H2,1H3,(H2,26,31)(H,28,29)/t17-,19?;13-,18?;14-,16?/m000/s1. The van der Waals surface area contributed by atoms with Crippen molar-refractivity contribution in [1.82, 2.24) is 45.6 Å². The van der Waals surface area contributed by atoms with Crippen LogP contribution in [-0.2, 0) is 33.4 Å². The fourth-order valence-corrected chi connectivity index (χ4v) is 15.8. The lowest BCUT2D eigenvalue weighted by Gasteiger charge is -2.35. The summed E-state index contributed by atoms with van der Waals surface area (Å²) >= 11 is 16.9. The number of nitrogens with two attached hydrogens (primary N) is 1. The Bertz CT molecular complexity index is 4340. The number of likely N-dealkylation sites (tertiary alicyclic amines) is 3. The average molecular weight is 1660 g/mol. The first-order chi connectivity index (χ1) is 49.2. The van der Waals surface area contributed by atoms with Gasteiger partial charge in [-0.15, -0.1) is 34.0 Å². The number of esters is 3. The van der Waals surface area contributed by atoms with E-state index in [0.29, 0.717) is 63.9 Å². The Morgan fingerprint density at radius 1 is 0.606 bits per heavy atom. The minimum atomic E-state index is -3.12. The van der Waals surface area contributed by atoms with E-state index in [4.69, 9.17) is 36.5 Å². The third-order valence-electron chi connectivity index (χ3n) is 17.1. The molecule has 22 nitrogen and oxygen atoms in total. The molecule has 0 spiro atoms. The van der Waals surface area contributed by atoms with Crippen molar-refractivity contribution in [2.75, 3.05) is 66.2 Å². The lowest BCUT2D eigenvalue weighted by atomic mass is 9.93. The van der Waals surface area contributed by atoms with Gasteiger partial charge in [0, 0.05) is 122 Å². The van der Waals surface area contributed by atoms with Crippen molar-refractivity contribution in [1.29, 1.82) is 0 Å². The summed E-state index contributed by atoms with van der Waals surface area (Å²) in [6, 6.07) is 5.96. The fourth-order valence-electron chi connectivity index (χ4n) is 12.6. The third kappa shape index (κ3) is 18.6. The number of carbonyl (C=O) groups is 4. The number of alkyl halides is 6. The number of rotatable bonds is 20. The maximum Gasteiger partial charge on any atom is 0.338 e. The quantitative estimate of drug-likeness (QED) is 0.0235. The number of ether oxygens (including phenoxy) is 3.